The molecule has 6 nitrogen and oxygen atoms in total. The fraction of sp³-hybridized carbons (Fsp3) is 0.308. The summed E-state index contributed by atoms with van der Waals surface area (Å²) in [6.07, 6.45) is -4.37. The fourth-order valence-corrected chi connectivity index (χ4v) is 4.10. The third-order valence-electron chi connectivity index (χ3n) is 5.22. The molecule has 3 rings (SSSR count). The number of hydrogen-bond acceptors (Lipinski definition) is 6. The minimum atomic E-state index is -4.89. The van der Waals surface area contributed by atoms with E-state index < -0.39 is 30.0 Å². The van der Waals surface area contributed by atoms with Crippen LogP contribution in [0.15, 0.2) is 53.9 Å². The second-order valence-corrected chi connectivity index (χ2v) is 9.01. The van der Waals surface area contributed by atoms with E-state index in [1.807, 2.05) is 19.1 Å². The second kappa shape index (κ2) is 11.9. The summed E-state index contributed by atoms with van der Waals surface area (Å²) in [5.41, 5.74) is 1.83. The highest BCUT2D eigenvalue weighted by molar-refractivity contribution is 7.12. The van der Waals surface area contributed by atoms with Crippen LogP contribution in [0.2, 0.25) is 0 Å². The van der Waals surface area contributed by atoms with Gasteiger partial charge in [0, 0.05) is 12.8 Å². The lowest BCUT2D eigenvalue weighted by Gasteiger charge is -2.19. The average Bonchev–Trinajstić information content (AvgIpc) is 3.33. The van der Waals surface area contributed by atoms with Crippen molar-refractivity contribution in [2.75, 3.05) is 6.61 Å². The van der Waals surface area contributed by atoms with E-state index >= 15 is 0 Å². The number of thiophene rings is 1. The summed E-state index contributed by atoms with van der Waals surface area (Å²) in [5, 5.41) is 10.5. The van der Waals surface area contributed by atoms with Crippen molar-refractivity contribution in [3.63, 3.8) is 0 Å². The Labute approximate surface area is 210 Å². The Balaban J connectivity index is 1.64. The van der Waals surface area contributed by atoms with Crippen LogP contribution in [0.3, 0.4) is 0 Å². The third kappa shape index (κ3) is 8.01. The molecule has 0 aliphatic carbocycles. The van der Waals surface area contributed by atoms with Crippen LogP contribution < -0.4 is 14.2 Å². The lowest BCUT2D eigenvalue weighted by molar-refractivity contribution is -0.274. The highest BCUT2D eigenvalue weighted by atomic mass is 32.1. The number of benzene rings is 2. The average molecular weight is 523 g/mol. The molecule has 36 heavy (non-hydrogen) atoms. The van der Waals surface area contributed by atoms with Crippen molar-refractivity contribution in [2.45, 2.75) is 45.6 Å². The smallest absolute Gasteiger partial charge is 0.493 e. The number of rotatable bonds is 12. The maximum absolute atomic E-state index is 12.9. The van der Waals surface area contributed by atoms with Crippen molar-refractivity contribution in [3.8, 4) is 17.2 Å². The van der Waals surface area contributed by atoms with Crippen molar-refractivity contribution in [2.24, 2.45) is 0 Å². The predicted octanol–water partition coefficient (Wildman–Crippen LogP) is 6.44. The van der Waals surface area contributed by atoms with Crippen LogP contribution in [0.25, 0.3) is 0 Å². The fourth-order valence-electron chi connectivity index (χ4n) is 3.43. The van der Waals surface area contributed by atoms with Crippen LogP contribution in [0, 0.1) is 6.92 Å². The van der Waals surface area contributed by atoms with Gasteiger partial charge in [0.2, 0.25) is 5.78 Å². The number of aliphatic carboxylic acids is 1. The highest BCUT2D eigenvalue weighted by Crippen LogP contribution is 2.32. The molecule has 2 aromatic carbocycles. The predicted molar refractivity (Wildman–Crippen MR) is 128 cm³/mol. The molecule has 0 amide bonds. The van der Waals surface area contributed by atoms with Gasteiger partial charge in [-0.2, -0.15) is 0 Å². The number of ether oxygens (including phenoxy) is 3. The molecule has 1 atom stereocenters. The van der Waals surface area contributed by atoms with Gasteiger partial charge in [0.05, 0.1) is 23.2 Å². The Bertz CT molecular complexity index is 1190. The highest BCUT2D eigenvalue weighted by Gasteiger charge is 2.32. The first-order valence-corrected chi connectivity index (χ1v) is 12.0. The van der Waals surface area contributed by atoms with Gasteiger partial charge in [-0.25, -0.2) is 0 Å². The third-order valence-corrected chi connectivity index (χ3v) is 6.09. The van der Waals surface area contributed by atoms with Gasteiger partial charge in [-0.15, -0.1) is 24.5 Å². The maximum atomic E-state index is 12.9. The molecule has 1 aromatic heterocycles. The minimum Gasteiger partial charge on any atom is -0.493 e. The number of carbonyl (C=O) groups is 2. The molecule has 0 spiro atoms. The molecule has 0 saturated carbocycles. The summed E-state index contributed by atoms with van der Waals surface area (Å²) < 4.78 is 53.7. The molecule has 0 aliphatic heterocycles. The van der Waals surface area contributed by atoms with Gasteiger partial charge in [-0.1, -0.05) is 12.1 Å². The number of aryl methyl sites for hydroxylation is 2. The molecule has 0 unspecified atom stereocenters. The largest absolute Gasteiger partial charge is 0.573 e. The summed E-state index contributed by atoms with van der Waals surface area (Å²) in [7, 11) is 0. The molecule has 0 bridgehead atoms. The van der Waals surface area contributed by atoms with Crippen molar-refractivity contribution in [1.82, 2.24) is 0 Å². The van der Waals surface area contributed by atoms with E-state index in [4.69, 9.17) is 14.6 Å². The Morgan fingerprint density at radius 1 is 1.08 bits per heavy atom. The van der Waals surface area contributed by atoms with E-state index in [1.54, 1.807) is 30.5 Å². The van der Waals surface area contributed by atoms with Crippen molar-refractivity contribution in [3.05, 3.63) is 75.5 Å². The van der Waals surface area contributed by atoms with Gasteiger partial charge in [-0.3, -0.25) is 9.59 Å². The zero-order valence-corrected chi connectivity index (χ0v) is 20.4. The summed E-state index contributed by atoms with van der Waals surface area (Å²) in [5.74, 6) is -1.05. The molecular weight excluding hydrogens is 497 g/mol. The molecule has 10 heteroatoms. The minimum absolute atomic E-state index is 0.0282. The molecule has 1 N–H and O–H groups in total. The molecule has 0 fully saturated rings. The zero-order valence-electron chi connectivity index (χ0n) is 19.6. The van der Waals surface area contributed by atoms with Gasteiger partial charge in [-0.05, 0) is 73.2 Å². The van der Waals surface area contributed by atoms with Gasteiger partial charge >= 0.3 is 12.3 Å². The molecular formula is C26H25F3O6S. The summed E-state index contributed by atoms with van der Waals surface area (Å²) >= 11 is 1.17. The number of carboxylic acid groups (broad SMARTS) is 1. The normalized spacial score (nSPS) is 12.1. The van der Waals surface area contributed by atoms with Crippen molar-refractivity contribution in [1.29, 1.82) is 0 Å². The van der Waals surface area contributed by atoms with Crippen LogP contribution in [-0.4, -0.2) is 35.9 Å². The van der Waals surface area contributed by atoms with E-state index in [9.17, 15) is 22.8 Å². The quantitative estimate of drug-likeness (QED) is 0.276. The molecule has 1 heterocycles. The van der Waals surface area contributed by atoms with E-state index in [1.165, 1.54) is 17.4 Å². The molecule has 3 aromatic rings. The van der Waals surface area contributed by atoms with Gasteiger partial charge in [0.15, 0.2) is 0 Å². The summed E-state index contributed by atoms with van der Waals surface area (Å²) in [6.45, 7) is 3.94. The number of hydrogen-bond donors (Lipinski definition) is 1. The van der Waals surface area contributed by atoms with E-state index in [0.29, 0.717) is 30.1 Å². The monoisotopic (exact) mass is 522 g/mol. The molecule has 0 aliphatic rings. The Morgan fingerprint density at radius 2 is 1.83 bits per heavy atom. The molecule has 192 valence electrons. The second-order valence-electron chi connectivity index (χ2n) is 8.06. The van der Waals surface area contributed by atoms with Crippen LogP contribution >= 0.6 is 11.3 Å². The number of halogens is 3. The SMILES string of the molecule is Cc1cc(OCC[C@@H](C)Oc2ccc(OC(F)(F)F)cc2C(=O)c2cccs2)ccc1CCC(=O)O. The number of alkyl halides is 3. The van der Waals surface area contributed by atoms with Crippen LogP contribution in [0.1, 0.15) is 46.1 Å². The Morgan fingerprint density at radius 3 is 2.47 bits per heavy atom. The first-order valence-electron chi connectivity index (χ1n) is 11.1. The van der Waals surface area contributed by atoms with E-state index in [0.717, 1.165) is 23.3 Å². The lowest BCUT2D eigenvalue weighted by Crippen LogP contribution is -2.19. The van der Waals surface area contributed by atoms with Crippen LogP contribution in [0.4, 0.5) is 13.2 Å². The maximum Gasteiger partial charge on any atom is 0.573 e. The Hall–Kier alpha value is -3.53. The summed E-state index contributed by atoms with van der Waals surface area (Å²) in [6, 6.07) is 12.1. The van der Waals surface area contributed by atoms with E-state index in [2.05, 4.69) is 4.74 Å². The number of carbonyl (C=O) groups excluding carboxylic acids is 1. The number of ketones is 1. The first-order chi connectivity index (χ1) is 17.0. The van der Waals surface area contributed by atoms with Crippen LogP contribution in [0.5, 0.6) is 17.2 Å². The van der Waals surface area contributed by atoms with Crippen LogP contribution in [-0.2, 0) is 11.2 Å². The Kier molecular flexibility index (Phi) is 8.98. The van der Waals surface area contributed by atoms with Gasteiger partial charge in [0.25, 0.3) is 0 Å². The topological polar surface area (TPSA) is 82.1 Å². The van der Waals surface area contributed by atoms with Gasteiger partial charge < -0.3 is 19.3 Å². The standard InChI is InChI=1S/C26H25F3O6S/c1-16-14-19(7-5-18(16)6-10-24(30)31)33-12-11-17(2)34-22-9-8-20(35-26(27,28)29)15-21(22)25(32)23-4-3-13-36-23/h3-5,7-9,13-15,17H,6,10-12H2,1-2H3,(H,30,31)/t17-/m1/s1. The van der Waals surface area contributed by atoms with Crippen molar-refractivity contribution >= 4 is 23.1 Å². The summed E-state index contributed by atoms with van der Waals surface area (Å²) in [4.78, 5) is 24.0. The zero-order chi connectivity index (χ0) is 26.3. The van der Waals surface area contributed by atoms with E-state index in [-0.39, 0.29) is 17.7 Å². The first kappa shape index (κ1) is 27.1. The number of carboxylic acids is 1. The van der Waals surface area contributed by atoms with Crippen molar-refractivity contribution < 1.29 is 42.1 Å². The van der Waals surface area contributed by atoms with Gasteiger partial charge in [0.1, 0.15) is 17.2 Å². The molecule has 0 radical (unpaired) electrons. The lowest BCUT2D eigenvalue weighted by atomic mass is 10.0. The molecule has 0 saturated heterocycles.